The number of aryl methyl sites for hydroxylation is 2. The number of benzene rings is 1. The number of carbonyl (C=O) groups is 1. The SMILES string of the molecule is Cc1nc2c3c(nn2c(C)c1Cl)CN(C(=O)c1ccccc1O[C@H]1CN(C)C[C@@H]1O)C3. The fourth-order valence-corrected chi connectivity index (χ4v) is 4.51. The van der Waals surface area contributed by atoms with Gasteiger partial charge in [0.2, 0.25) is 0 Å². The summed E-state index contributed by atoms with van der Waals surface area (Å²) in [7, 11) is 1.94. The van der Waals surface area contributed by atoms with Crippen LogP contribution in [0.4, 0.5) is 0 Å². The number of hydrogen-bond acceptors (Lipinski definition) is 6. The van der Waals surface area contributed by atoms with Crippen molar-refractivity contribution >= 4 is 23.2 Å². The molecule has 1 amide bonds. The van der Waals surface area contributed by atoms with Crippen LogP contribution in [0.1, 0.15) is 33.0 Å². The molecule has 2 aromatic heterocycles. The van der Waals surface area contributed by atoms with E-state index in [1.54, 1.807) is 21.5 Å². The molecule has 0 unspecified atom stereocenters. The lowest BCUT2D eigenvalue weighted by molar-refractivity contribution is 0.0668. The Kier molecular flexibility index (Phi) is 4.88. The summed E-state index contributed by atoms with van der Waals surface area (Å²) < 4.78 is 7.82. The number of rotatable bonds is 3. The number of likely N-dealkylation sites (tertiary alicyclic amines) is 1. The maximum Gasteiger partial charge on any atom is 0.258 e. The van der Waals surface area contributed by atoms with Crippen molar-refractivity contribution in [3.05, 3.63) is 57.5 Å². The molecule has 2 atom stereocenters. The van der Waals surface area contributed by atoms with Crippen molar-refractivity contribution in [1.82, 2.24) is 24.4 Å². The molecule has 2 aliphatic rings. The Morgan fingerprint density at radius 2 is 2.00 bits per heavy atom. The van der Waals surface area contributed by atoms with E-state index in [-0.39, 0.29) is 12.0 Å². The minimum atomic E-state index is -0.581. The molecule has 8 nitrogen and oxygen atoms in total. The van der Waals surface area contributed by atoms with E-state index in [2.05, 4.69) is 10.1 Å². The second kappa shape index (κ2) is 7.47. The highest BCUT2D eigenvalue weighted by molar-refractivity contribution is 6.31. The van der Waals surface area contributed by atoms with Crippen LogP contribution in [0.3, 0.4) is 0 Å². The Morgan fingerprint density at radius 3 is 2.74 bits per heavy atom. The van der Waals surface area contributed by atoms with Crippen molar-refractivity contribution in [1.29, 1.82) is 0 Å². The Morgan fingerprint density at radius 1 is 1.23 bits per heavy atom. The smallest absolute Gasteiger partial charge is 0.258 e. The van der Waals surface area contributed by atoms with Crippen LogP contribution in [0, 0.1) is 13.8 Å². The van der Waals surface area contributed by atoms with E-state index in [9.17, 15) is 9.90 Å². The number of nitrogens with zero attached hydrogens (tertiary/aromatic N) is 5. The topological polar surface area (TPSA) is 83.2 Å². The molecule has 1 N–H and O–H groups in total. The van der Waals surface area contributed by atoms with E-state index in [0.29, 0.717) is 42.5 Å². The molecule has 0 aliphatic carbocycles. The quantitative estimate of drug-likeness (QED) is 0.671. The molecule has 0 saturated carbocycles. The lowest BCUT2D eigenvalue weighted by Crippen LogP contribution is -2.32. The number of carbonyl (C=O) groups excluding carboxylic acids is 1. The Labute approximate surface area is 185 Å². The molecule has 162 valence electrons. The van der Waals surface area contributed by atoms with Crippen molar-refractivity contribution < 1.29 is 14.6 Å². The molecule has 0 radical (unpaired) electrons. The molecule has 9 heteroatoms. The van der Waals surface area contributed by atoms with Crippen molar-refractivity contribution in [3.63, 3.8) is 0 Å². The first-order chi connectivity index (χ1) is 14.8. The predicted octanol–water partition coefficient (Wildman–Crippen LogP) is 2.21. The summed E-state index contributed by atoms with van der Waals surface area (Å²) in [6.07, 6.45) is -0.944. The number of aromatic nitrogens is 3. The summed E-state index contributed by atoms with van der Waals surface area (Å²) in [5, 5.41) is 15.5. The van der Waals surface area contributed by atoms with Gasteiger partial charge < -0.3 is 14.7 Å². The van der Waals surface area contributed by atoms with Crippen LogP contribution < -0.4 is 4.74 Å². The minimum Gasteiger partial charge on any atom is -0.485 e. The number of ether oxygens (including phenoxy) is 1. The molecule has 1 saturated heterocycles. The maximum atomic E-state index is 13.4. The van der Waals surface area contributed by atoms with Gasteiger partial charge in [0.15, 0.2) is 5.65 Å². The monoisotopic (exact) mass is 441 g/mol. The summed E-state index contributed by atoms with van der Waals surface area (Å²) >= 11 is 6.32. The highest BCUT2D eigenvalue weighted by Crippen LogP contribution is 2.31. The molecule has 1 aromatic carbocycles. The lowest BCUT2D eigenvalue weighted by Gasteiger charge is -2.21. The molecule has 3 aromatic rings. The average Bonchev–Trinajstić information content (AvgIpc) is 3.39. The van der Waals surface area contributed by atoms with Crippen LogP contribution in [-0.2, 0) is 13.1 Å². The molecule has 2 aliphatic heterocycles. The van der Waals surface area contributed by atoms with Crippen molar-refractivity contribution in [2.24, 2.45) is 0 Å². The minimum absolute atomic E-state index is 0.130. The van der Waals surface area contributed by atoms with Gasteiger partial charge in [0.1, 0.15) is 18.0 Å². The molecular weight excluding hydrogens is 418 g/mol. The molecule has 4 heterocycles. The van der Waals surface area contributed by atoms with Crippen LogP contribution in [0.2, 0.25) is 5.02 Å². The van der Waals surface area contributed by atoms with E-state index in [1.807, 2.05) is 37.9 Å². The van der Waals surface area contributed by atoms with Crippen molar-refractivity contribution in [3.8, 4) is 5.75 Å². The second-order valence-corrected chi connectivity index (χ2v) is 8.74. The molecule has 0 spiro atoms. The van der Waals surface area contributed by atoms with Crippen LogP contribution >= 0.6 is 11.6 Å². The van der Waals surface area contributed by atoms with E-state index >= 15 is 0 Å². The predicted molar refractivity (Wildman–Crippen MR) is 115 cm³/mol. The Bertz CT molecular complexity index is 1190. The van der Waals surface area contributed by atoms with E-state index < -0.39 is 6.10 Å². The third-order valence-electron chi connectivity index (χ3n) is 6.06. The number of hydrogen-bond donors (Lipinski definition) is 1. The van der Waals surface area contributed by atoms with Gasteiger partial charge >= 0.3 is 0 Å². The molecule has 0 bridgehead atoms. The number of aliphatic hydroxyl groups is 1. The third-order valence-corrected chi connectivity index (χ3v) is 6.61. The lowest BCUT2D eigenvalue weighted by atomic mass is 10.1. The zero-order chi connectivity index (χ0) is 21.9. The van der Waals surface area contributed by atoms with Gasteiger partial charge in [0.25, 0.3) is 5.91 Å². The van der Waals surface area contributed by atoms with Gasteiger partial charge in [-0.25, -0.2) is 9.50 Å². The number of amides is 1. The highest BCUT2D eigenvalue weighted by atomic mass is 35.5. The number of β-amino-alcohol motifs (C(OH)–C–C–N with tert-alkyl or cyclic N) is 1. The largest absolute Gasteiger partial charge is 0.485 e. The third kappa shape index (κ3) is 3.35. The Hall–Kier alpha value is -2.68. The summed E-state index contributed by atoms with van der Waals surface area (Å²) in [6, 6.07) is 7.20. The van der Waals surface area contributed by atoms with Crippen molar-refractivity contribution in [2.75, 3.05) is 20.1 Å². The number of fused-ring (bicyclic) bond motifs is 3. The molecule has 1 fully saturated rings. The first kappa shape index (κ1) is 20.2. The van der Waals surface area contributed by atoms with Gasteiger partial charge in [0.05, 0.1) is 40.8 Å². The van der Waals surface area contributed by atoms with Gasteiger partial charge in [-0.3, -0.25) is 9.69 Å². The van der Waals surface area contributed by atoms with E-state index in [0.717, 1.165) is 28.3 Å². The summed E-state index contributed by atoms with van der Waals surface area (Å²) in [5.74, 6) is 0.359. The van der Waals surface area contributed by atoms with Gasteiger partial charge in [-0.1, -0.05) is 23.7 Å². The normalized spacial score (nSPS) is 21.1. The summed E-state index contributed by atoms with van der Waals surface area (Å²) in [6.45, 7) is 5.78. The first-order valence-electron chi connectivity index (χ1n) is 10.3. The summed E-state index contributed by atoms with van der Waals surface area (Å²) in [4.78, 5) is 21.7. The zero-order valence-electron chi connectivity index (χ0n) is 17.7. The molecule has 31 heavy (non-hydrogen) atoms. The number of aliphatic hydroxyl groups excluding tert-OH is 1. The van der Waals surface area contributed by atoms with Gasteiger partial charge in [-0.15, -0.1) is 0 Å². The maximum absolute atomic E-state index is 13.4. The second-order valence-electron chi connectivity index (χ2n) is 8.36. The van der Waals surface area contributed by atoms with Crippen LogP contribution in [-0.4, -0.2) is 67.8 Å². The number of para-hydroxylation sites is 1. The standard InChI is InChI=1S/C22H24ClN5O3/c1-12-20(23)13(2)28-21(24-12)15-8-27(9-16(15)25-28)22(30)14-6-4-5-7-18(14)31-19-11-26(3)10-17(19)29/h4-7,17,19,29H,8-11H2,1-3H3/t17-,19-/m0/s1. The van der Waals surface area contributed by atoms with Crippen LogP contribution in [0.25, 0.3) is 5.65 Å². The van der Waals surface area contributed by atoms with Gasteiger partial charge in [-0.2, -0.15) is 5.10 Å². The van der Waals surface area contributed by atoms with Crippen LogP contribution in [0.5, 0.6) is 5.75 Å². The first-order valence-corrected chi connectivity index (χ1v) is 10.7. The number of likely N-dealkylation sites (N-methyl/N-ethyl adjacent to an activating group) is 1. The summed E-state index contributed by atoms with van der Waals surface area (Å²) in [5.41, 5.74) is 4.59. The highest BCUT2D eigenvalue weighted by Gasteiger charge is 2.34. The fraction of sp³-hybridized carbons (Fsp3) is 0.409. The fourth-order valence-electron chi connectivity index (χ4n) is 4.39. The van der Waals surface area contributed by atoms with E-state index in [1.165, 1.54) is 0 Å². The average molecular weight is 442 g/mol. The van der Waals surface area contributed by atoms with E-state index in [4.69, 9.17) is 16.3 Å². The molecule has 5 rings (SSSR count). The number of halogens is 1. The van der Waals surface area contributed by atoms with Gasteiger partial charge in [-0.05, 0) is 33.0 Å². The van der Waals surface area contributed by atoms with Gasteiger partial charge in [0, 0.05) is 18.7 Å². The molecular formula is C22H24ClN5O3. The van der Waals surface area contributed by atoms with Crippen LogP contribution in [0.15, 0.2) is 24.3 Å². The Balaban J connectivity index is 1.41. The zero-order valence-corrected chi connectivity index (χ0v) is 18.4. The van der Waals surface area contributed by atoms with Crippen molar-refractivity contribution in [2.45, 2.75) is 39.1 Å².